The summed E-state index contributed by atoms with van der Waals surface area (Å²) in [5.74, 6) is -1.97. The van der Waals surface area contributed by atoms with E-state index in [1.165, 1.54) is 16.2 Å². The zero-order chi connectivity index (χ0) is 24.1. The van der Waals surface area contributed by atoms with E-state index in [1.807, 2.05) is 18.2 Å². The molecule has 1 atom stereocenters. The predicted octanol–water partition coefficient (Wildman–Crippen LogP) is 3.57. The van der Waals surface area contributed by atoms with Crippen LogP contribution in [0.15, 0.2) is 60.2 Å². The van der Waals surface area contributed by atoms with E-state index in [1.54, 1.807) is 50.4 Å². The molecular weight excluding hydrogens is 446 g/mol. The number of aromatic nitrogens is 2. The second-order valence-corrected chi connectivity index (χ2v) is 8.09. The Morgan fingerprint density at radius 3 is 2.15 bits per heavy atom. The first-order valence-electron chi connectivity index (χ1n) is 9.74. The van der Waals surface area contributed by atoms with Crippen molar-refractivity contribution < 1.29 is 29.3 Å². The molecule has 0 aliphatic carbocycles. The van der Waals surface area contributed by atoms with Crippen molar-refractivity contribution in [3.8, 4) is 5.75 Å². The van der Waals surface area contributed by atoms with Crippen LogP contribution in [0.5, 0.6) is 5.75 Å². The fraction of sp³-hybridized carbons (Fsp3) is 0.174. The highest BCUT2D eigenvalue weighted by atomic mass is 32.1. The van der Waals surface area contributed by atoms with Crippen LogP contribution in [-0.2, 0) is 14.4 Å². The SMILES string of the molecule is CC(=O)O.COc1ccc(/C(O)=C2\C(=O)C(=O)N(c3nnc(C)s3)C2c2ccccc2)cc1. The van der Waals surface area contributed by atoms with Gasteiger partial charge in [-0.2, -0.15) is 0 Å². The number of carboxylic acid groups (broad SMARTS) is 1. The van der Waals surface area contributed by atoms with Crippen LogP contribution < -0.4 is 9.64 Å². The highest BCUT2D eigenvalue weighted by molar-refractivity contribution is 7.15. The van der Waals surface area contributed by atoms with Crippen LogP contribution in [0.2, 0.25) is 0 Å². The average molecular weight is 468 g/mol. The van der Waals surface area contributed by atoms with E-state index in [-0.39, 0.29) is 11.3 Å². The van der Waals surface area contributed by atoms with Crippen molar-refractivity contribution in [3.05, 3.63) is 76.3 Å². The van der Waals surface area contributed by atoms with Crippen LogP contribution >= 0.6 is 11.3 Å². The van der Waals surface area contributed by atoms with Crippen molar-refractivity contribution >= 4 is 39.9 Å². The Balaban J connectivity index is 0.000000709. The molecule has 1 amide bonds. The number of hydrogen-bond donors (Lipinski definition) is 2. The number of carbonyl (C=O) groups excluding carboxylic acids is 2. The van der Waals surface area contributed by atoms with E-state index in [0.29, 0.717) is 27.0 Å². The lowest BCUT2D eigenvalue weighted by Crippen LogP contribution is -2.29. The van der Waals surface area contributed by atoms with E-state index < -0.39 is 23.7 Å². The molecule has 1 aliphatic heterocycles. The highest BCUT2D eigenvalue weighted by Crippen LogP contribution is 2.42. The fourth-order valence-corrected chi connectivity index (χ4v) is 3.98. The highest BCUT2D eigenvalue weighted by Gasteiger charge is 2.48. The number of ketones is 1. The van der Waals surface area contributed by atoms with Gasteiger partial charge in [0.1, 0.15) is 16.5 Å². The van der Waals surface area contributed by atoms with Crippen molar-refractivity contribution in [3.63, 3.8) is 0 Å². The van der Waals surface area contributed by atoms with Crippen LogP contribution in [-0.4, -0.2) is 45.2 Å². The van der Waals surface area contributed by atoms with E-state index in [4.69, 9.17) is 14.6 Å². The Labute approximate surface area is 193 Å². The summed E-state index contributed by atoms with van der Waals surface area (Å²) in [5, 5.41) is 27.4. The minimum absolute atomic E-state index is 0.0132. The fourth-order valence-electron chi connectivity index (χ4n) is 3.27. The lowest BCUT2D eigenvalue weighted by molar-refractivity contribution is -0.134. The van der Waals surface area contributed by atoms with Crippen molar-refractivity contribution in [2.75, 3.05) is 12.0 Å². The van der Waals surface area contributed by atoms with Crippen LogP contribution in [0, 0.1) is 6.92 Å². The molecule has 33 heavy (non-hydrogen) atoms. The number of anilines is 1. The molecule has 2 heterocycles. The maximum absolute atomic E-state index is 12.9. The summed E-state index contributed by atoms with van der Waals surface area (Å²) in [5.41, 5.74) is 1.12. The van der Waals surface area contributed by atoms with Gasteiger partial charge >= 0.3 is 5.91 Å². The first-order chi connectivity index (χ1) is 15.7. The summed E-state index contributed by atoms with van der Waals surface area (Å²) in [6.07, 6.45) is 0. The van der Waals surface area contributed by atoms with Gasteiger partial charge in [-0.25, -0.2) is 0 Å². The number of ether oxygens (including phenoxy) is 1. The van der Waals surface area contributed by atoms with Gasteiger partial charge in [0.15, 0.2) is 0 Å². The Bertz CT molecular complexity index is 1200. The van der Waals surface area contributed by atoms with Crippen molar-refractivity contribution in [1.82, 2.24) is 10.2 Å². The van der Waals surface area contributed by atoms with Gasteiger partial charge in [0, 0.05) is 12.5 Å². The number of aliphatic hydroxyl groups is 1. The van der Waals surface area contributed by atoms with Crippen molar-refractivity contribution in [2.24, 2.45) is 0 Å². The first kappa shape index (κ1) is 23.6. The number of benzene rings is 2. The van der Waals surface area contributed by atoms with Gasteiger partial charge in [-0.1, -0.05) is 41.7 Å². The molecule has 170 valence electrons. The Hall–Kier alpha value is -4.05. The topological polar surface area (TPSA) is 130 Å². The number of rotatable bonds is 4. The molecule has 1 unspecified atom stereocenters. The number of aryl methyl sites for hydroxylation is 1. The number of hydrogen-bond acceptors (Lipinski definition) is 8. The van der Waals surface area contributed by atoms with Crippen LogP contribution in [0.3, 0.4) is 0 Å². The Kier molecular flexibility index (Phi) is 7.19. The second-order valence-electron chi connectivity index (χ2n) is 6.93. The lowest BCUT2D eigenvalue weighted by atomic mass is 9.95. The molecule has 10 heteroatoms. The molecule has 3 aromatic rings. The normalized spacial score (nSPS) is 16.8. The summed E-state index contributed by atoms with van der Waals surface area (Å²) < 4.78 is 5.14. The second kappa shape index (κ2) is 10.0. The smallest absolute Gasteiger partial charge is 0.301 e. The molecule has 9 nitrogen and oxygen atoms in total. The molecule has 1 aliphatic rings. The zero-order valence-corrected chi connectivity index (χ0v) is 18.9. The third-order valence-corrected chi connectivity index (χ3v) is 5.48. The van der Waals surface area contributed by atoms with E-state index in [0.717, 1.165) is 6.92 Å². The van der Waals surface area contributed by atoms with Crippen molar-refractivity contribution in [1.29, 1.82) is 0 Å². The van der Waals surface area contributed by atoms with Crippen LogP contribution in [0.4, 0.5) is 5.13 Å². The lowest BCUT2D eigenvalue weighted by Gasteiger charge is -2.22. The van der Waals surface area contributed by atoms with Gasteiger partial charge < -0.3 is 14.9 Å². The van der Waals surface area contributed by atoms with Gasteiger partial charge in [-0.15, -0.1) is 10.2 Å². The number of carbonyl (C=O) groups is 3. The summed E-state index contributed by atoms with van der Waals surface area (Å²) in [4.78, 5) is 36.1. The number of Topliss-reactive ketones (excluding diaryl/α,β-unsaturated/α-hetero) is 1. The maximum Gasteiger partial charge on any atom is 0.301 e. The quantitative estimate of drug-likeness (QED) is 0.338. The third-order valence-electron chi connectivity index (χ3n) is 4.64. The standard InChI is InChI=1S/C21H17N3O4S.C2H4O2/c1-12-22-23-21(29-12)24-17(13-6-4-3-5-7-13)16(19(26)20(24)27)18(25)14-8-10-15(28-2)11-9-14;1-2(3)4/h3-11,17,25H,1-2H3;1H3,(H,3,4)/b18-16+;. The summed E-state index contributed by atoms with van der Waals surface area (Å²) in [7, 11) is 1.54. The van der Waals surface area contributed by atoms with Crippen LogP contribution in [0.1, 0.15) is 29.1 Å². The summed E-state index contributed by atoms with van der Waals surface area (Å²) >= 11 is 1.21. The maximum atomic E-state index is 12.9. The molecule has 0 bridgehead atoms. The van der Waals surface area contributed by atoms with Gasteiger partial charge in [-0.05, 0) is 36.8 Å². The molecule has 1 saturated heterocycles. The summed E-state index contributed by atoms with van der Waals surface area (Å²) in [6, 6.07) is 14.9. The number of amides is 1. The molecule has 2 N–H and O–H groups in total. The molecule has 1 fully saturated rings. The molecule has 4 rings (SSSR count). The molecular formula is C23H21N3O6S. The molecule has 1 aromatic heterocycles. The minimum atomic E-state index is -0.833. The number of nitrogens with zero attached hydrogens (tertiary/aromatic N) is 3. The Morgan fingerprint density at radius 2 is 1.64 bits per heavy atom. The monoisotopic (exact) mass is 467 g/mol. The van der Waals surface area contributed by atoms with Gasteiger partial charge in [-0.3, -0.25) is 19.3 Å². The van der Waals surface area contributed by atoms with E-state index in [2.05, 4.69) is 10.2 Å². The van der Waals surface area contributed by atoms with Gasteiger partial charge in [0.2, 0.25) is 5.13 Å². The number of aliphatic carboxylic acids is 1. The zero-order valence-electron chi connectivity index (χ0n) is 18.1. The van der Waals surface area contributed by atoms with Gasteiger partial charge in [0.05, 0.1) is 18.7 Å². The molecule has 0 radical (unpaired) electrons. The van der Waals surface area contributed by atoms with Crippen LogP contribution in [0.25, 0.3) is 5.76 Å². The molecule has 2 aromatic carbocycles. The first-order valence-corrected chi connectivity index (χ1v) is 10.6. The largest absolute Gasteiger partial charge is 0.507 e. The van der Waals surface area contributed by atoms with Gasteiger partial charge in [0.25, 0.3) is 11.8 Å². The predicted molar refractivity (Wildman–Crippen MR) is 122 cm³/mol. The molecule has 0 spiro atoms. The third kappa shape index (κ3) is 5.07. The number of aliphatic hydroxyl groups excluding tert-OH is 1. The van der Waals surface area contributed by atoms with E-state index >= 15 is 0 Å². The van der Waals surface area contributed by atoms with Crippen molar-refractivity contribution in [2.45, 2.75) is 19.9 Å². The Morgan fingerprint density at radius 1 is 1.03 bits per heavy atom. The minimum Gasteiger partial charge on any atom is -0.507 e. The molecule has 0 saturated carbocycles. The summed E-state index contributed by atoms with van der Waals surface area (Å²) in [6.45, 7) is 2.85. The number of carboxylic acids is 1. The average Bonchev–Trinajstić information content (AvgIpc) is 3.34. The van der Waals surface area contributed by atoms with E-state index in [9.17, 15) is 14.7 Å². The number of methoxy groups -OCH3 is 1.